The van der Waals surface area contributed by atoms with Crippen molar-refractivity contribution in [1.29, 1.82) is 0 Å². The first-order valence-corrected chi connectivity index (χ1v) is 10.6. The zero-order valence-corrected chi connectivity index (χ0v) is 18.8. The van der Waals surface area contributed by atoms with E-state index < -0.39 is 18.4 Å². The second-order valence-electron chi connectivity index (χ2n) is 7.73. The Kier molecular flexibility index (Phi) is 7.05. The summed E-state index contributed by atoms with van der Waals surface area (Å²) >= 11 is 0. The maximum Gasteiger partial charge on any atom is 0.573 e. The molecule has 2 unspecified atom stereocenters. The number of allylic oxidation sites excluding steroid dienone is 2. The highest BCUT2D eigenvalue weighted by molar-refractivity contribution is 5.89. The highest BCUT2D eigenvalue weighted by Crippen LogP contribution is 2.38. The van der Waals surface area contributed by atoms with Gasteiger partial charge >= 0.3 is 12.3 Å². The molecule has 0 fully saturated rings. The minimum atomic E-state index is -4.80. The van der Waals surface area contributed by atoms with Crippen LogP contribution in [0.1, 0.15) is 44.4 Å². The fraction of sp³-hybridized carbons (Fsp3) is 0.320. The molecule has 0 aliphatic carbocycles. The Labute approximate surface area is 190 Å². The van der Waals surface area contributed by atoms with Crippen LogP contribution in [0.5, 0.6) is 11.5 Å². The molecular weight excluding hydrogens is 435 g/mol. The third-order valence-electron chi connectivity index (χ3n) is 5.40. The molecule has 0 bridgehead atoms. The van der Waals surface area contributed by atoms with E-state index in [9.17, 15) is 23.1 Å². The van der Waals surface area contributed by atoms with Crippen molar-refractivity contribution in [3.05, 3.63) is 65.9 Å². The average molecular weight is 461 g/mol. The van der Waals surface area contributed by atoms with E-state index in [0.29, 0.717) is 17.0 Å². The molecule has 1 aromatic heterocycles. The number of hydrogen-bond donors (Lipinski definition) is 1. The molecule has 2 atom stereocenters. The minimum Gasteiger partial charge on any atom is -0.479 e. The number of ether oxygens (including phenoxy) is 2. The number of fused-ring (bicyclic) bond motifs is 1. The maximum atomic E-state index is 12.8. The van der Waals surface area contributed by atoms with Crippen molar-refractivity contribution in [3.63, 3.8) is 0 Å². The molecule has 3 aromatic rings. The SMILES string of the molecule is C/C=C\C(C)c1c(C)n(-c2cccc(OC(CC)C(=O)O)c2)c2cc(OC(F)(F)F)ccc12. The van der Waals surface area contributed by atoms with Gasteiger partial charge in [0.05, 0.1) is 5.52 Å². The van der Waals surface area contributed by atoms with E-state index in [4.69, 9.17) is 4.74 Å². The predicted molar refractivity (Wildman–Crippen MR) is 120 cm³/mol. The second-order valence-corrected chi connectivity index (χ2v) is 7.73. The van der Waals surface area contributed by atoms with Gasteiger partial charge in [-0.25, -0.2) is 4.79 Å². The Morgan fingerprint density at radius 2 is 1.91 bits per heavy atom. The first-order valence-electron chi connectivity index (χ1n) is 10.6. The lowest BCUT2D eigenvalue weighted by atomic mass is 9.97. The lowest BCUT2D eigenvalue weighted by molar-refractivity contribution is -0.274. The maximum absolute atomic E-state index is 12.8. The highest BCUT2D eigenvalue weighted by atomic mass is 19.4. The summed E-state index contributed by atoms with van der Waals surface area (Å²) in [6.07, 6.45) is -1.57. The van der Waals surface area contributed by atoms with Gasteiger partial charge in [-0.15, -0.1) is 13.2 Å². The number of carbonyl (C=O) groups is 1. The number of benzene rings is 2. The summed E-state index contributed by atoms with van der Waals surface area (Å²) in [5, 5.41) is 10.1. The summed E-state index contributed by atoms with van der Waals surface area (Å²) in [5.74, 6) is -1.01. The van der Waals surface area contributed by atoms with Gasteiger partial charge < -0.3 is 19.1 Å². The number of aromatic nitrogens is 1. The molecular formula is C25H26F3NO4. The van der Waals surface area contributed by atoms with Gasteiger partial charge in [-0.2, -0.15) is 0 Å². The van der Waals surface area contributed by atoms with Crippen molar-refractivity contribution in [3.8, 4) is 17.2 Å². The van der Waals surface area contributed by atoms with Crippen molar-refractivity contribution in [2.75, 3.05) is 0 Å². The van der Waals surface area contributed by atoms with Crippen molar-refractivity contribution < 1.29 is 32.5 Å². The number of halogens is 3. The summed E-state index contributed by atoms with van der Waals surface area (Å²) in [4.78, 5) is 11.4. The van der Waals surface area contributed by atoms with Crippen molar-refractivity contribution in [1.82, 2.24) is 4.57 Å². The Hall–Kier alpha value is -3.42. The molecule has 2 aromatic carbocycles. The van der Waals surface area contributed by atoms with Crippen LogP contribution in [-0.2, 0) is 4.79 Å². The van der Waals surface area contributed by atoms with Crippen molar-refractivity contribution in [2.45, 2.75) is 52.5 Å². The zero-order chi connectivity index (χ0) is 24.3. The van der Waals surface area contributed by atoms with Gasteiger partial charge in [0.2, 0.25) is 0 Å². The van der Waals surface area contributed by atoms with Crippen LogP contribution in [0.25, 0.3) is 16.6 Å². The topological polar surface area (TPSA) is 60.7 Å². The largest absolute Gasteiger partial charge is 0.573 e. The normalized spacial score (nSPS) is 13.9. The summed E-state index contributed by atoms with van der Waals surface area (Å²) in [6, 6.07) is 11.1. The lowest BCUT2D eigenvalue weighted by Crippen LogP contribution is -2.25. The fourth-order valence-electron chi connectivity index (χ4n) is 4.08. The molecule has 176 valence electrons. The number of rotatable bonds is 8. The van der Waals surface area contributed by atoms with Crippen LogP contribution in [0.3, 0.4) is 0 Å². The standard InChI is InChI=1S/C25H26F3NO4/c1-5-8-15(3)23-16(4)29(21-14-19(11-12-20(21)23)33-25(26,27)28)17-9-7-10-18(13-17)32-22(6-2)24(30)31/h5,7-15,22H,6H2,1-4H3,(H,30,31)/b8-5-. The summed E-state index contributed by atoms with van der Waals surface area (Å²) in [7, 11) is 0. The number of nitrogens with zero attached hydrogens (tertiary/aromatic N) is 1. The third-order valence-corrected chi connectivity index (χ3v) is 5.40. The van der Waals surface area contributed by atoms with Gasteiger partial charge in [-0.1, -0.05) is 32.1 Å². The Morgan fingerprint density at radius 1 is 1.18 bits per heavy atom. The van der Waals surface area contributed by atoms with E-state index in [0.717, 1.165) is 16.6 Å². The number of carboxylic acid groups (broad SMARTS) is 1. The number of carboxylic acids is 1. The third kappa shape index (κ3) is 5.32. The molecule has 0 radical (unpaired) electrons. The Morgan fingerprint density at radius 3 is 2.52 bits per heavy atom. The monoisotopic (exact) mass is 461 g/mol. The Bertz CT molecular complexity index is 1180. The Balaban J connectivity index is 2.20. The van der Waals surface area contributed by atoms with Crippen LogP contribution >= 0.6 is 0 Å². The lowest BCUT2D eigenvalue weighted by Gasteiger charge is -2.16. The average Bonchev–Trinajstić information content (AvgIpc) is 3.02. The first kappa shape index (κ1) is 24.2. The van der Waals surface area contributed by atoms with Gasteiger partial charge in [0.25, 0.3) is 0 Å². The molecule has 0 aliphatic heterocycles. The number of hydrogen-bond acceptors (Lipinski definition) is 3. The van der Waals surface area contributed by atoms with E-state index in [1.807, 2.05) is 37.5 Å². The predicted octanol–water partition coefficient (Wildman–Crippen LogP) is 6.76. The smallest absolute Gasteiger partial charge is 0.479 e. The van der Waals surface area contributed by atoms with E-state index in [2.05, 4.69) is 4.74 Å². The van der Waals surface area contributed by atoms with E-state index in [1.165, 1.54) is 12.1 Å². The van der Waals surface area contributed by atoms with E-state index in [-0.39, 0.29) is 18.1 Å². The van der Waals surface area contributed by atoms with Crippen LogP contribution in [0.4, 0.5) is 13.2 Å². The number of aliphatic carboxylic acids is 1. The number of alkyl halides is 3. The van der Waals surface area contributed by atoms with Gasteiger partial charge in [-0.05, 0) is 50.1 Å². The van der Waals surface area contributed by atoms with Crippen LogP contribution in [-0.4, -0.2) is 28.1 Å². The zero-order valence-electron chi connectivity index (χ0n) is 18.8. The van der Waals surface area contributed by atoms with E-state index in [1.54, 1.807) is 37.3 Å². The fourth-order valence-corrected chi connectivity index (χ4v) is 4.08. The molecule has 3 rings (SSSR count). The van der Waals surface area contributed by atoms with Crippen LogP contribution < -0.4 is 9.47 Å². The van der Waals surface area contributed by atoms with Crippen LogP contribution in [0.2, 0.25) is 0 Å². The molecule has 8 heteroatoms. The van der Waals surface area contributed by atoms with Gasteiger partial charge in [0, 0.05) is 34.8 Å². The van der Waals surface area contributed by atoms with Crippen LogP contribution in [0, 0.1) is 6.92 Å². The van der Waals surface area contributed by atoms with Gasteiger partial charge in [0.1, 0.15) is 11.5 Å². The molecule has 0 saturated heterocycles. The first-order chi connectivity index (χ1) is 15.6. The van der Waals surface area contributed by atoms with Crippen molar-refractivity contribution >= 4 is 16.9 Å². The summed E-state index contributed by atoms with van der Waals surface area (Å²) in [5.41, 5.74) is 3.01. The quantitative estimate of drug-likeness (QED) is 0.377. The molecule has 1 heterocycles. The molecule has 5 nitrogen and oxygen atoms in total. The molecule has 33 heavy (non-hydrogen) atoms. The summed E-state index contributed by atoms with van der Waals surface area (Å²) < 4.78 is 50.2. The molecule has 0 saturated carbocycles. The minimum absolute atomic E-state index is 0.0176. The van der Waals surface area contributed by atoms with Crippen molar-refractivity contribution in [2.24, 2.45) is 0 Å². The molecule has 0 spiro atoms. The molecule has 0 aliphatic rings. The highest BCUT2D eigenvalue weighted by Gasteiger charge is 2.31. The van der Waals surface area contributed by atoms with E-state index >= 15 is 0 Å². The van der Waals surface area contributed by atoms with Gasteiger partial charge in [0.15, 0.2) is 6.10 Å². The second kappa shape index (κ2) is 9.60. The van der Waals surface area contributed by atoms with Crippen LogP contribution in [0.15, 0.2) is 54.6 Å². The summed E-state index contributed by atoms with van der Waals surface area (Å²) in [6.45, 7) is 7.54. The molecule has 1 N–H and O–H groups in total. The molecule has 0 amide bonds. The van der Waals surface area contributed by atoms with Gasteiger partial charge in [-0.3, -0.25) is 0 Å².